The van der Waals surface area contributed by atoms with Crippen molar-refractivity contribution in [3.8, 4) is 16.8 Å². The van der Waals surface area contributed by atoms with Gasteiger partial charge in [-0.25, -0.2) is 9.18 Å². The summed E-state index contributed by atoms with van der Waals surface area (Å²) in [4.78, 5) is 23.7. The normalized spacial score (nSPS) is 10.7. The van der Waals surface area contributed by atoms with Crippen molar-refractivity contribution in [1.29, 1.82) is 0 Å². The van der Waals surface area contributed by atoms with E-state index in [4.69, 9.17) is 0 Å². The zero-order valence-corrected chi connectivity index (χ0v) is 12.1. The van der Waals surface area contributed by atoms with E-state index in [0.29, 0.717) is 16.8 Å². The number of pyridine rings is 1. The fourth-order valence-electron chi connectivity index (χ4n) is 2.26. The Balaban J connectivity index is 2.26. The Kier molecular flexibility index (Phi) is 3.53. The van der Waals surface area contributed by atoms with Gasteiger partial charge in [-0.15, -0.1) is 0 Å². The van der Waals surface area contributed by atoms with Gasteiger partial charge in [0.2, 0.25) is 0 Å². The number of hydrogen-bond acceptors (Lipinski definition) is 3. The molecule has 0 radical (unpaired) electrons. The third-order valence-electron chi connectivity index (χ3n) is 3.39. The number of aromatic carboxylic acids is 1. The number of carbonyl (C=O) groups is 1. The highest BCUT2D eigenvalue weighted by Crippen LogP contribution is 2.20. The van der Waals surface area contributed by atoms with Crippen LogP contribution in [0, 0.1) is 5.82 Å². The van der Waals surface area contributed by atoms with Gasteiger partial charge in [0.1, 0.15) is 11.4 Å². The fraction of sp³-hybridized carbons (Fsp3) is 0.0625. The van der Waals surface area contributed by atoms with Gasteiger partial charge < -0.3 is 5.11 Å². The van der Waals surface area contributed by atoms with Gasteiger partial charge in [0.15, 0.2) is 0 Å². The Labute approximate surface area is 130 Å². The maximum absolute atomic E-state index is 13.1. The third kappa shape index (κ3) is 2.76. The average molecular weight is 313 g/mol. The second-order valence-electron chi connectivity index (χ2n) is 5.00. The molecule has 0 aliphatic rings. The van der Waals surface area contributed by atoms with Crippen LogP contribution in [0.2, 0.25) is 0 Å². The van der Waals surface area contributed by atoms with E-state index in [1.807, 2.05) is 0 Å². The van der Waals surface area contributed by atoms with E-state index in [1.54, 1.807) is 24.1 Å². The first-order valence-electron chi connectivity index (χ1n) is 6.70. The van der Waals surface area contributed by atoms with Crippen molar-refractivity contribution in [2.24, 2.45) is 7.05 Å². The number of aromatic nitrogens is 3. The molecule has 23 heavy (non-hydrogen) atoms. The molecule has 0 aliphatic carbocycles. The lowest BCUT2D eigenvalue weighted by atomic mass is 10.1. The molecule has 0 bridgehead atoms. The number of rotatable bonds is 3. The molecule has 116 valence electrons. The number of benzene rings is 1. The van der Waals surface area contributed by atoms with Crippen LogP contribution in [0.15, 0.2) is 53.7 Å². The van der Waals surface area contributed by atoms with Gasteiger partial charge in [-0.2, -0.15) is 5.10 Å². The van der Waals surface area contributed by atoms with E-state index in [9.17, 15) is 19.1 Å². The van der Waals surface area contributed by atoms with Crippen molar-refractivity contribution in [2.45, 2.75) is 0 Å². The van der Waals surface area contributed by atoms with Gasteiger partial charge in [-0.05, 0) is 30.3 Å². The highest BCUT2D eigenvalue weighted by atomic mass is 19.1. The first-order chi connectivity index (χ1) is 11.0. The fourth-order valence-corrected chi connectivity index (χ4v) is 2.26. The Morgan fingerprint density at radius 2 is 1.87 bits per heavy atom. The van der Waals surface area contributed by atoms with Gasteiger partial charge in [-0.3, -0.25) is 14.0 Å². The van der Waals surface area contributed by atoms with Gasteiger partial charge >= 0.3 is 5.97 Å². The summed E-state index contributed by atoms with van der Waals surface area (Å²) in [5.74, 6) is -1.76. The minimum atomic E-state index is -1.32. The Hall–Kier alpha value is -3.22. The second-order valence-corrected chi connectivity index (χ2v) is 5.00. The van der Waals surface area contributed by atoms with Crippen LogP contribution >= 0.6 is 0 Å². The molecule has 0 aliphatic heterocycles. The Bertz CT molecular complexity index is 942. The predicted molar refractivity (Wildman–Crippen MR) is 81.2 cm³/mol. The Morgan fingerprint density at radius 3 is 2.43 bits per heavy atom. The number of halogens is 1. The smallest absolute Gasteiger partial charge is 0.341 e. The molecule has 1 aromatic carbocycles. The zero-order valence-electron chi connectivity index (χ0n) is 12.1. The van der Waals surface area contributed by atoms with Crippen LogP contribution in [0.5, 0.6) is 0 Å². The summed E-state index contributed by atoms with van der Waals surface area (Å²) in [6.45, 7) is 0. The second kappa shape index (κ2) is 5.53. The van der Waals surface area contributed by atoms with Gasteiger partial charge in [-0.1, -0.05) is 0 Å². The summed E-state index contributed by atoms with van der Waals surface area (Å²) in [5.41, 5.74) is 0.530. The molecule has 6 nitrogen and oxygen atoms in total. The van der Waals surface area contributed by atoms with Crippen LogP contribution in [-0.2, 0) is 7.05 Å². The minimum absolute atomic E-state index is 0.365. The number of aryl methyl sites for hydroxylation is 1. The van der Waals surface area contributed by atoms with E-state index in [-0.39, 0.29) is 5.56 Å². The lowest BCUT2D eigenvalue weighted by molar-refractivity contribution is 0.0694. The summed E-state index contributed by atoms with van der Waals surface area (Å²) < 4.78 is 15.8. The van der Waals surface area contributed by atoms with Crippen LogP contribution in [0.4, 0.5) is 4.39 Å². The third-order valence-corrected chi connectivity index (χ3v) is 3.39. The molecule has 0 amide bonds. The molecule has 2 aromatic heterocycles. The van der Waals surface area contributed by atoms with Gasteiger partial charge in [0.25, 0.3) is 5.56 Å². The van der Waals surface area contributed by atoms with Crippen LogP contribution < -0.4 is 5.56 Å². The lowest BCUT2D eigenvalue weighted by Gasteiger charge is -2.09. The largest absolute Gasteiger partial charge is 0.477 e. The lowest BCUT2D eigenvalue weighted by Crippen LogP contribution is -2.25. The number of carboxylic acid groups (broad SMARTS) is 1. The van der Waals surface area contributed by atoms with Crippen LogP contribution in [-0.4, -0.2) is 25.4 Å². The van der Waals surface area contributed by atoms with Crippen molar-refractivity contribution < 1.29 is 14.3 Å². The summed E-state index contributed by atoms with van der Waals surface area (Å²) >= 11 is 0. The summed E-state index contributed by atoms with van der Waals surface area (Å²) in [5, 5.41) is 13.3. The quantitative estimate of drug-likeness (QED) is 0.803. The molecule has 0 atom stereocenters. The first-order valence-corrected chi connectivity index (χ1v) is 6.70. The average Bonchev–Trinajstić information content (AvgIpc) is 2.95. The number of hydrogen-bond donors (Lipinski definition) is 1. The number of carboxylic acids is 1. The van der Waals surface area contributed by atoms with Crippen molar-refractivity contribution in [3.63, 3.8) is 0 Å². The van der Waals surface area contributed by atoms with Crippen LogP contribution in [0.3, 0.4) is 0 Å². The molecule has 3 aromatic rings. The molecule has 0 saturated carbocycles. The van der Waals surface area contributed by atoms with Gasteiger partial charge in [0.05, 0.1) is 6.20 Å². The molecular weight excluding hydrogens is 301 g/mol. The molecule has 1 N–H and O–H groups in total. The van der Waals surface area contributed by atoms with Crippen molar-refractivity contribution in [3.05, 3.63) is 70.7 Å². The van der Waals surface area contributed by atoms with Gasteiger partial charge in [0, 0.05) is 36.3 Å². The molecule has 3 rings (SSSR count). The van der Waals surface area contributed by atoms with Crippen LogP contribution in [0.25, 0.3) is 16.8 Å². The van der Waals surface area contributed by atoms with Crippen molar-refractivity contribution >= 4 is 5.97 Å². The van der Waals surface area contributed by atoms with E-state index in [2.05, 4.69) is 5.10 Å². The first kappa shape index (κ1) is 14.7. The number of nitrogens with zero attached hydrogens (tertiary/aromatic N) is 3. The standard InChI is InChI=1S/C16H12FN3O3/c1-19-8-11(7-18-19)10-6-14(16(22)23)15(21)20(9-10)13-4-2-12(17)3-5-13/h2-9H,1H3,(H,22,23). The molecular formula is C16H12FN3O3. The Morgan fingerprint density at radius 1 is 1.17 bits per heavy atom. The predicted octanol–water partition coefficient (Wildman–Crippen LogP) is 2.08. The van der Waals surface area contributed by atoms with E-state index in [1.165, 1.54) is 41.1 Å². The van der Waals surface area contributed by atoms with Crippen molar-refractivity contribution in [2.75, 3.05) is 0 Å². The van der Waals surface area contributed by atoms with Crippen LogP contribution in [0.1, 0.15) is 10.4 Å². The maximum Gasteiger partial charge on any atom is 0.341 e. The SMILES string of the molecule is Cn1cc(-c2cc(C(=O)O)c(=O)n(-c3ccc(F)cc3)c2)cn1. The van der Waals surface area contributed by atoms with Crippen molar-refractivity contribution in [1.82, 2.24) is 14.3 Å². The van der Waals surface area contributed by atoms with E-state index in [0.717, 1.165) is 0 Å². The summed E-state index contributed by atoms with van der Waals surface area (Å²) in [6.07, 6.45) is 4.79. The molecule has 0 fully saturated rings. The molecule has 2 heterocycles. The topological polar surface area (TPSA) is 77.1 Å². The summed E-state index contributed by atoms with van der Waals surface area (Å²) in [6, 6.07) is 6.55. The molecule has 0 spiro atoms. The molecule has 7 heteroatoms. The zero-order chi connectivity index (χ0) is 16.6. The van der Waals surface area contributed by atoms with E-state index < -0.39 is 17.3 Å². The van der Waals surface area contributed by atoms with E-state index >= 15 is 0 Å². The maximum atomic E-state index is 13.1. The monoisotopic (exact) mass is 313 g/mol. The highest BCUT2D eigenvalue weighted by Gasteiger charge is 2.15. The highest BCUT2D eigenvalue weighted by molar-refractivity contribution is 5.89. The summed E-state index contributed by atoms with van der Waals surface area (Å²) in [7, 11) is 1.73. The minimum Gasteiger partial charge on any atom is -0.477 e. The molecule has 0 unspecified atom stereocenters. The molecule has 0 saturated heterocycles.